The van der Waals surface area contributed by atoms with Gasteiger partial charge in [-0.3, -0.25) is 23.3 Å². The van der Waals surface area contributed by atoms with Crippen LogP contribution in [0.2, 0.25) is 0 Å². The molecule has 4 heterocycles. The Morgan fingerprint density at radius 2 is 1.89 bits per heavy atom. The molecule has 0 saturated carbocycles. The van der Waals surface area contributed by atoms with Gasteiger partial charge in [0.1, 0.15) is 4.83 Å². The van der Waals surface area contributed by atoms with Crippen LogP contribution in [0, 0.1) is 0 Å². The minimum atomic E-state index is -0.383. The Morgan fingerprint density at radius 3 is 2.68 bits per heavy atom. The Bertz CT molecular complexity index is 1370. The minimum Gasteiger partial charge on any atom is -0.328 e. The Labute approximate surface area is 166 Å². The van der Waals surface area contributed by atoms with Crippen LogP contribution in [0.3, 0.4) is 0 Å². The predicted molar refractivity (Wildman–Crippen MR) is 110 cm³/mol. The summed E-state index contributed by atoms with van der Waals surface area (Å²) in [5.41, 5.74) is -0.00519. The van der Waals surface area contributed by atoms with Crippen molar-refractivity contribution in [2.75, 3.05) is 5.75 Å². The minimum absolute atomic E-state index is 0.0690. The third kappa shape index (κ3) is 2.90. The first kappa shape index (κ1) is 18.7. The van der Waals surface area contributed by atoms with Crippen molar-refractivity contribution in [3.63, 3.8) is 0 Å². The fourth-order valence-electron chi connectivity index (χ4n) is 3.09. The molecule has 0 aliphatic rings. The Hall–Kier alpha value is -2.66. The van der Waals surface area contributed by atoms with E-state index in [1.165, 1.54) is 43.1 Å². The lowest BCUT2D eigenvalue weighted by Gasteiger charge is -2.09. The monoisotopic (exact) mass is 418 g/mol. The highest BCUT2D eigenvalue weighted by Gasteiger charge is 2.15. The number of rotatable bonds is 5. The third-order valence-corrected chi connectivity index (χ3v) is 6.54. The van der Waals surface area contributed by atoms with E-state index in [2.05, 4.69) is 9.97 Å². The van der Waals surface area contributed by atoms with Crippen molar-refractivity contribution in [1.82, 2.24) is 28.2 Å². The molecule has 4 rings (SSSR count). The van der Waals surface area contributed by atoms with Gasteiger partial charge in [0.05, 0.1) is 11.7 Å². The van der Waals surface area contributed by atoms with E-state index in [0.717, 1.165) is 4.83 Å². The number of imidazole rings is 1. The van der Waals surface area contributed by atoms with Crippen LogP contribution in [-0.2, 0) is 27.7 Å². The van der Waals surface area contributed by atoms with Crippen LogP contribution in [-0.4, -0.2) is 34.0 Å². The Balaban J connectivity index is 1.55. The summed E-state index contributed by atoms with van der Waals surface area (Å²) in [6, 6.07) is 1.78. The molecule has 146 valence electrons. The van der Waals surface area contributed by atoms with Gasteiger partial charge >= 0.3 is 5.69 Å². The van der Waals surface area contributed by atoms with E-state index in [-0.39, 0.29) is 23.4 Å². The molecule has 0 fully saturated rings. The number of aryl methyl sites for hydroxylation is 2. The van der Waals surface area contributed by atoms with Crippen LogP contribution in [0.1, 0.15) is 6.42 Å². The molecule has 0 radical (unpaired) electrons. The third-order valence-electron chi connectivity index (χ3n) is 4.62. The van der Waals surface area contributed by atoms with Gasteiger partial charge in [0.15, 0.2) is 16.3 Å². The molecule has 0 unspecified atom stereocenters. The molecule has 4 aromatic heterocycles. The highest BCUT2D eigenvalue weighted by atomic mass is 32.2. The zero-order valence-corrected chi connectivity index (χ0v) is 17.2. The lowest BCUT2D eigenvalue weighted by molar-refractivity contribution is 0.593. The zero-order valence-electron chi connectivity index (χ0n) is 15.6. The van der Waals surface area contributed by atoms with Crippen molar-refractivity contribution in [1.29, 1.82) is 0 Å². The largest absolute Gasteiger partial charge is 0.332 e. The van der Waals surface area contributed by atoms with Gasteiger partial charge in [-0.05, 0) is 17.9 Å². The summed E-state index contributed by atoms with van der Waals surface area (Å²) in [5, 5.41) is 3.10. The normalized spacial score (nSPS) is 11.7. The van der Waals surface area contributed by atoms with Crippen molar-refractivity contribution in [3.8, 4) is 0 Å². The first-order valence-electron chi connectivity index (χ1n) is 8.58. The van der Waals surface area contributed by atoms with E-state index in [0.29, 0.717) is 33.9 Å². The van der Waals surface area contributed by atoms with E-state index in [1.807, 2.05) is 5.38 Å². The van der Waals surface area contributed by atoms with E-state index in [1.54, 1.807) is 31.8 Å². The lowest BCUT2D eigenvalue weighted by Crippen LogP contribution is -2.39. The van der Waals surface area contributed by atoms with Crippen molar-refractivity contribution >= 4 is 44.5 Å². The molecular formula is C17H18N6O3S2. The molecule has 0 atom stereocenters. The molecule has 0 bridgehead atoms. The second kappa shape index (κ2) is 7.06. The van der Waals surface area contributed by atoms with Crippen molar-refractivity contribution < 1.29 is 0 Å². The first-order chi connectivity index (χ1) is 13.4. The highest BCUT2D eigenvalue weighted by molar-refractivity contribution is 7.99. The smallest absolute Gasteiger partial charge is 0.328 e. The predicted octanol–water partition coefficient (Wildman–Crippen LogP) is 0.924. The fraction of sp³-hybridized carbons (Fsp3) is 0.353. The van der Waals surface area contributed by atoms with Crippen molar-refractivity contribution in [3.05, 3.63) is 49.0 Å². The molecule has 0 N–H and O–H groups in total. The highest BCUT2D eigenvalue weighted by Crippen LogP contribution is 2.20. The Kier molecular flexibility index (Phi) is 4.71. The standard InChI is InChI=1S/C17H18N6O3S2/c1-20-9-18-12-11(20)15(25)23(17(26)21(12)2)6-4-7-28-16-19-13-10(5-8-27-13)14(24)22(16)3/h5,8-9H,4,6-7H2,1-3H3. The average molecular weight is 419 g/mol. The van der Waals surface area contributed by atoms with Gasteiger partial charge < -0.3 is 4.57 Å². The van der Waals surface area contributed by atoms with E-state index >= 15 is 0 Å². The molecule has 9 nitrogen and oxygen atoms in total. The number of hydrogen-bond acceptors (Lipinski definition) is 7. The molecule has 0 spiro atoms. The number of fused-ring (bicyclic) bond motifs is 2. The van der Waals surface area contributed by atoms with Crippen LogP contribution in [0.4, 0.5) is 0 Å². The molecule has 0 aliphatic carbocycles. The molecule has 0 aliphatic heterocycles. The summed E-state index contributed by atoms with van der Waals surface area (Å²) in [5.74, 6) is 0.621. The zero-order chi connectivity index (χ0) is 20.0. The number of thiophene rings is 1. The topological polar surface area (TPSA) is 96.7 Å². The maximum atomic E-state index is 12.7. The van der Waals surface area contributed by atoms with E-state index < -0.39 is 0 Å². The summed E-state index contributed by atoms with van der Waals surface area (Å²) < 4.78 is 5.78. The van der Waals surface area contributed by atoms with Gasteiger partial charge in [0.25, 0.3) is 11.1 Å². The van der Waals surface area contributed by atoms with Crippen LogP contribution in [0.5, 0.6) is 0 Å². The number of hydrogen-bond donors (Lipinski definition) is 0. The molecule has 0 saturated heterocycles. The summed E-state index contributed by atoms with van der Waals surface area (Å²) >= 11 is 2.87. The molecule has 28 heavy (non-hydrogen) atoms. The molecule has 4 aromatic rings. The Morgan fingerprint density at radius 1 is 1.11 bits per heavy atom. The van der Waals surface area contributed by atoms with Crippen LogP contribution < -0.4 is 16.8 Å². The first-order valence-corrected chi connectivity index (χ1v) is 10.4. The van der Waals surface area contributed by atoms with E-state index in [9.17, 15) is 14.4 Å². The quantitative estimate of drug-likeness (QED) is 0.272. The van der Waals surface area contributed by atoms with Crippen molar-refractivity contribution in [2.45, 2.75) is 18.1 Å². The van der Waals surface area contributed by atoms with Gasteiger partial charge in [-0.2, -0.15) is 0 Å². The lowest BCUT2D eigenvalue weighted by atomic mass is 10.4. The number of nitrogens with zero attached hydrogens (tertiary/aromatic N) is 6. The summed E-state index contributed by atoms with van der Waals surface area (Å²) in [7, 11) is 5.04. The van der Waals surface area contributed by atoms with Crippen LogP contribution >= 0.6 is 23.1 Å². The molecule has 11 heteroatoms. The van der Waals surface area contributed by atoms with E-state index in [4.69, 9.17) is 0 Å². The molecular weight excluding hydrogens is 400 g/mol. The van der Waals surface area contributed by atoms with Gasteiger partial charge in [0.2, 0.25) is 0 Å². The number of thioether (sulfide) groups is 1. The van der Waals surface area contributed by atoms with Gasteiger partial charge in [0, 0.05) is 33.4 Å². The molecule has 0 amide bonds. The van der Waals surface area contributed by atoms with Gasteiger partial charge in [-0.25, -0.2) is 14.8 Å². The summed E-state index contributed by atoms with van der Waals surface area (Å²) in [6.07, 6.45) is 2.11. The maximum absolute atomic E-state index is 12.7. The second-order valence-corrected chi connectivity index (χ2v) is 8.38. The number of aromatic nitrogens is 6. The van der Waals surface area contributed by atoms with Crippen LogP contribution in [0.15, 0.2) is 37.3 Å². The van der Waals surface area contributed by atoms with Crippen LogP contribution in [0.25, 0.3) is 21.4 Å². The summed E-state index contributed by atoms with van der Waals surface area (Å²) in [4.78, 5) is 46.9. The van der Waals surface area contributed by atoms with Gasteiger partial charge in [-0.15, -0.1) is 11.3 Å². The second-order valence-electron chi connectivity index (χ2n) is 6.43. The summed E-state index contributed by atoms with van der Waals surface area (Å²) in [6.45, 7) is 0.287. The fourth-order valence-corrected chi connectivity index (χ4v) is 4.79. The van der Waals surface area contributed by atoms with Gasteiger partial charge in [-0.1, -0.05) is 11.8 Å². The molecule has 0 aromatic carbocycles. The SMILES string of the molecule is Cn1c(SCCCn2c(=O)c3c(ncn3C)n(C)c2=O)nc2sccc2c1=O. The van der Waals surface area contributed by atoms with Crippen molar-refractivity contribution in [2.24, 2.45) is 21.1 Å². The average Bonchev–Trinajstić information content (AvgIpc) is 3.29. The maximum Gasteiger partial charge on any atom is 0.332 e.